The summed E-state index contributed by atoms with van der Waals surface area (Å²) < 4.78 is 6.53. The Labute approximate surface area is 110 Å². The zero-order valence-corrected chi connectivity index (χ0v) is 10.8. The van der Waals surface area contributed by atoms with Crippen LogP contribution in [0.15, 0.2) is 27.4 Å². The van der Waals surface area contributed by atoms with Gasteiger partial charge in [-0.05, 0) is 37.6 Å². The highest BCUT2D eigenvalue weighted by Gasteiger charge is 2.19. The van der Waals surface area contributed by atoms with Gasteiger partial charge >= 0.3 is 5.76 Å². The van der Waals surface area contributed by atoms with E-state index < -0.39 is 5.76 Å². The number of fused-ring (bicyclic) bond motifs is 1. The molecule has 0 radical (unpaired) electrons. The predicted octanol–water partition coefficient (Wildman–Crippen LogP) is 1.46. The van der Waals surface area contributed by atoms with Crippen molar-refractivity contribution < 1.29 is 9.21 Å². The first-order valence-electron chi connectivity index (χ1n) is 6.51. The van der Waals surface area contributed by atoms with Gasteiger partial charge in [0.2, 0.25) is 0 Å². The molecule has 2 aromatic rings. The molecule has 1 aromatic carbocycles. The molecular weight excluding hydrogens is 244 g/mol. The molecule has 100 valence electrons. The van der Waals surface area contributed by atoms with Crippen LogP contribution in [0.5, 0.6) is 0 Å². The summed E-state index contributed by atoms with van der Waals surface area (Å²) in [5.74, 6) is -0.315. The van der Waals surface area contributed by atoms with E-state index in [1.165, 1.54) is 4.57 Å². The second-order valence-electron chi connectivity index (χ2n) is 5.03. The van der Waals surface area contributed by atoms with Crippen molar-refractivity contribution in [1.82, 2.24) is 9.88 Å². The molecule has 19 heavy (non-hydrogen) atoms. The lowest BCUT2D eigenvalue weighted by atomic mass is 10.0. The number of aryl methyl sites for hydroxylation is 1. The Morgan fingerprint density at radius 1 is 1.53 bits per heavy atom. The molecule has 1 unspecified atom stereocenters. The van der Waals surface area contributed by atoms with Gasteiger partial charge in [-0.25, -0.2) is 4.79 Å². The van der Waals surface area contributed by atoms with Crippen LogP contribution in [-0.2, 0) is 7.05 Å². The molecule has 1 saturated heterocycles. The lowest BCUT2D eigenvalue weighted by Gasteiger charge is -2.08. The maximum absolute atomic E-state index is 12.2. The zero-order valence-electron chi connectivity index (χ0n) is 10.8. The Bertz CT molecular complexity index is 678. The van der Waals surface area contributed by atoms with Gasteiger partial charge < -0.3 is 9.73 Å². The van der Waals surface area contributed by atoms with Crippen LogP contribution < -0.4 is 11.1 Å². The predicted molar refractivity (Wildman–Crippen MR) is 71.4 cm³/mol. The van der Waals surface area contributed by atoms with Gasteiger partial charge in [0.15, 0.2) is 11.4 Å². The molecule has 1 N–H and O–H groups in total. The molecule has 2 heterocycles. The molecule has 1 fully saturated rings. The average Bonchev–Trinajstić information content (AvgIpc) is 2.99. The van der Waals surface area contributed by atoms with Gasteiger partial charge in [0.25, 0.3) is 0 Å². The van der Waals surface area contributed by atoms with Crippen LogP contribution >= 0.6 is 0 Å². The minimum Gasteiger partial charge on any atom is -0.408 e. The highest BCUT2D eigenvalue weighted by Crippen LogP contribution is 2.17. The maximum Gasteiger partial charge on any atom is 0.419 e. The topological polar surface area (TPSA) is 64.2 Å². The smallest absolute Gasteiger partial charge is 0.408 e. The third-order valence-electron chi connectivity index (χ3n) is 3.71. The van der Waals surface area contributed by atoms with Gasteiger partial charge in [0.1, 0.15) is 0 Å². The molecule has 0 bridgehead atoms. The van der Waals surface area contributed by atoms with Crippen molar-refractivity contribution in [2.24, 2.45) is 7.05 Å². The number of carbonyl (C=O) groups is 1. The molecule has 0 aliphatic carbocycles. The Balaban J connectivity index is 1.88. The fourth-order valence-electron chi connectivity index (χ4n) is 2.58. The van der Waals surface area contributed by atoms with Gasteiger partial charge in [-0.2, -0.15) is 0 Å². The Morgan fingerprint density at radius 2 is 2.37 bits per heavy atom. The standard InChI is InChI=1S/C14H16N2O3/c1-16-11-5-4-9(7-13(11)19-14(16)18)12(17)8-10-3-2-6-15-10/h4-5,7,10,15H,2-3,6,8H2,1H3. The van der Waals surface area contributed by atoms with Gasteiger partial charge in [-0.15, -0.1) is 0 Å². The number of nitrogens with zero attached hydrogens (tertiary/aromatic N) is 1. The van der Waals surface area contributed by atoms with Crippen LogP contribution in [0.3, 0.4) is 0 Å². The first-order chi connectivity index (χ1) is 9.15. The summed E-state index contributed by atoms with van der Waals surface area (Å²) in [7, 11) is 1.65. The molecule has 1 aliphatic rings. The number of hydrogen-bond acceptors (Lipinski definition) is 4. The van der Waals surface area contributed by atoms with Crippen molar-refractivity contribution in [3.63, 3.8) is 0 Å². The molecule has 0 saturated carbocycles. The number of carbonyl (C=O) groups excluding carboxylic acids is 1. The first kappa shape index (κ1) is 12.2. The van der Waals surface area contributed by atoms with Gasteiger partial charge in [0.05, 0.1) is 5.52 Å². The van der Waals surface area contributed by atoms with E-state index in [0.717, 1.165) is 19.4 Å². The minimum atomic E-state index is -0.406. The van der Waals surface area contributed by atoms with Crippen molar-refractivity contribution in [1.29, 1.82) is 0 Å². The van der Waals surface area contributed by atoms with Crippen molar-refractivity contribution >= 4 is 16.9 Å². The third-order valence-corrected chi connectivity index (χ3v) is 3.71. The number of nitrogens with one attached hydrogen (secondary N) is 1. The lowest BCUT2D eigenvalue weighted by molar-refractivity contribution is 0.0971. The van der Waals surface area contributed by atoms with E-state index in [-0.39, 0.29) is 11.8 Å². The molecule has 1 atom stereocenters. The van der Waals surface area contributed by atoms with E-state index in [1.807, 2.05) is 0 Å². The van der Waals surface area contributed by atoms with Crippen LogP contribution in [0, 0.1) is 0 Å². The fraction of sp³-hybridized carbons (Fsp3) is 0.429. The molecule has 1 aliphatic heterocycles. The van der Waals surface area contributed by atoms with E-state index in [2.05, 4.69) is 5.32 Å². The van der Waals surface area contributed by atoms with Crippen LogP contribution in [0.4, 0.5) is 0 Å². The zero-order chi connectivity index (χ0) is 13.4. The minimum absolute atomic E-state index is 0.0906. The molecular formula is C14H16N2O3. The maximum atomic E-state index is 12.2. The van der Waals surface area contributed by atoms with Gasteiger partial charge in [-0.1, -0.05) is 0 Å². The Morgan fingerprint density at radius 3 is 3.11 bits per heavy atom. The highest BCUT2D eigenvalue weighted by molar-refractivity contribution is 5.98. The fourth-order valence-corrected chi connectivity index (χ4v) is 2.58. The number of rotatable bonds is 3. The van der Waals surface area contributed by atoms with Crippen LogP contribution in [-0.4, -0.2) is 22.9 Å². The van der Waals surface area contributed by atoms with E-state index in [0.29, 0.717) is 23.1 Å². The molecule has 5 nitrogen and oxygen atoms in total. The molecule has 5 heteroatoms. The summed E-state index contributed by atoms with van der Waals surface area (Å²) >= 11 is 0. The number of ketones is 1. The van der Waals surface area contributed by atoms with E-state index in [1.54, 1.807) is 25.2 Å². The first-order valence-corrected chi connectivity index (χ1v) is 6.51. The summed E-state index contributed by atoms with van der Waals surface area (Å²) in [6, 6.07) is 5.46. The van der Waals surface area contributed by atoms with Crippen molar-refractivity contribution in [3.05, 3.63) is 34.3 Å². The second kappa shape index (κ2) is 4.66. The summed E-state index contributed by atoms with van der Waals surface area (Å²) in [5.41, 5.74) is 1.79. The summed E-state index contributed by atoms with van der Waals surface area (Å²) in [6.45, 7) is 0.991. The number of Topliss-reactive ketones (excluding diaryl/α,β-unsaturated/α-hetero) is 1. The van der Waals surface area contributed by atoms with E-state index >= 15 is 0 Å². The molecule has 0 amide bonds. The molecule has 0 spiro atoms. The van der Waals surface area contributed by atoms with Crippen LogP contribution in [0.2, 0.25) is 0 Å². The number of aromatic nitrogens is 1. The van der Waals surface area contributed by atoms with E-state index in [4.69, 9.17) is 4.42 Å². The largest absolute Gasteiger partial charge is 0.419 e. The third kappa shape index (κ3) is 2.21. The Kier molecular flexibility index (Phi) is 2.98. The average molecular weight is 260 g/mol. The highest BCUT2D eigenvalue weighted by atomic mass is 16.4. The normalized spacial score (nSPS) is 19.1. The van der Waals surface area contributed by atoms with Gasteiger partial charge in [-0.3, -0.25) is 9.36 Å². The Hall–Kier alpha value is -1.88. The van der Waals surface area contributed by atoms with Crippen LogP contribution in [0.1, 0.15) is 29.6 Å². The van der Waals surface area contributed by atoms with Crippen molar-refractivity contribution in [3.8, 4) is 0 Å². The monoisotopic (exact) mass is 260 g/mol. The number of benzene rings is 1. The summed E-state index contributed by atoms with van der Waals surface area (Å²) in [6.07, 6.45) is 2.68. The van der Waals surface area contributed by atoms with Crippen molar-refractivity contribution in [2.45, 2.75) is 25.3 Å². The molecule has 3 rings (SSSR count). The molecule has 1 aromatic heterocycles. The summed E-state index contributed by atoms with van der Waals surface area (Å²) in [4.78, 5) is 23.6. The van der Waals surface area contributed by atoms with Gasteiger partial charge in [0, 0.05) is 25.1 Å². The quantitative estimate of drug-likeness (QED) is 0.848. The van der Waals surface area contributed by atoms with E-state index in [9.17, 15) is 9.59 Å². The van der Waals surface area contributed by atoms with Crippen molar-refractivity contribution in [2.75, 3.05) is 6.54 Å². The summed E-state index contributed by atoms with van der Waals surface area (Å²) in [5, 5.41) is 3.31. The van der Waals surface area contributed by atoms with Crippen LogP contribution in [0.25, 0.3) is 11.1 Å². The second-order valence-corrected chi connectivity index (χ2v) is 5.03. The number of hydrogen-bond donors (Lipinski definition) is 1. The lowest BCUT2D eigenvalue weighted by Crippen LogP contribution is -2.24. The SMILES string of the molecule is Cn1c(=O)oc2cc(C(=O)CC3CCCN3)ccc21. The number of oxazole rings is 1.